The van der Waals surface area contributed by atoms with Crippen molar-refractivity contribution in [3.05, 3.63) is 30.9 Å². The minimum atomic E-state index is 1.01. The van der Waals surface area contributed by atoms with Gasteiger partial charge in [0.05, 0.1) is 0 Å². The van der Waals surface area contributed by atoms with Crippen LogP contribution in [0.3, 0.4) is 0 Å². The van der Waals surface area contributed by atoms with Crippen molar-refractivity contribution in [2.24, 2.45) is 0 Å². The standard InChI is InChI=1S/C8H9N2/c1-10-6-4-7-3-2-5-9-8(7)10/h2-3,5H,1,4,6H2. The average Bonchev–Trinajstić information content (AvgIpc) is 2.34. The maximum Gasteiger partial charge on any atom is 0.131 e. The second-order valence-electron chi connectivity index (χ2n) is 2.50. The number of pyridine rings is 1. The van der Waals surface area contributed by atoms with Crippen LogP contribution in [0.1, 0.15) is 5.56 Å². The van der Waals surface area contributed by atoms with E-state index in [4.69, 9.17) is 0 Å². The van der Waals surface area contributed by atoms with Gasteiger partial charge in [0.15, 0.2) is 0 Å². The van der Waals surface area contributed by atoms with Crippen molar-refractivity contribution in [3.63, 3.8) is 0 Å². The maximum atomic E-state index is 4.20. The van der Waals surface area contributed by atoms with Crippen molar-refractivity contribution >= 4 is 5.82 Å². The zero-order chi connectivity index (χ0) is 6.97. The van der Waals surface area contributed by atoms with Crippen LogP contribution < -0.4 is 4.90 Å². The third-order valence-corrected chi connectivity index (χ3v) is 1.82. The molecule has 2 nitrogen and oxygen atoms in total. The highest BCUT2D eigenvalue weighted by Crippen LogP contribution is 2.22. The van der Waals surface area contributed by atoms with Gasteiger partial charge in [-0.15, -0.1) is 0 Å². The van der Waals surface area contributed by atoms with E-state index in [1.54, 1.807) is 0 Å². The zero-order valence-corrected chi connectivity index (χ0v) is 5.75. The molecule has 0 fully saturated rings. The van der Waals surface area contributed by atoms with E-state index < -0.39 is 0 Å². The molecule has 1 aliphatic rings. The lowest BCUT2D eigenvalue weighted by Gasteiger charge is -2.08. The average molecular weight is 133 g/mol. The Morgan fingerprint density at radius 2 is 2.50 bits per heavy atom. The quantitative estimate of drug-likeness (QED) is 0.529. The van der Waals surface area contributed by atoms with Crippen molar-refractivity contribution in [3.8, 4) is 0 Å². The molecule has 0 N–H and O–H groups in total. The molecule has 0 saturated heterocycles. The maximum absolute atomic E-state index is 4.20. The van der Waals surface area contributed by atoms with Crippen LogP contribution in [0, 0.1) is 7.05 Å². The predicted octanol–water partition coefficient (Wildman–Crippen LogP) is 1.24. The van der Waals surface area contributed by atoms with E-state index in [2.05, 4.69) is 18.1 Å². The molecule has 1 aromatic rings. The summed E-state index contributed by atoms with van der Waals surface area (Å²) in [7, 11) is 3.85. The normalized spacial score (nSPS) is 15.5. The van der Waals surface area contributed by atoms with Crippen LogP contribution in [0.15, 0.2) is 18.3 Å². The van der Waals surface area contributed by atoms with Gasteiger partial charge >= 0.3 is 0 Å². The molecule has 0 atom stereocenters. The van der Waals surface area contributed by atoms with Crippen molar-refractivity contribution in [1.82, 2.24) is 4.98 Å². The van der Waals surface area contributed by atoms with Crippen molar-refractivity contribution in [2.45, 2.75) is 6.42 Å². The smallest absolute Gasteiger partial charge is 0.131 e. The van der Waals surface area contributed by atoms with E-state index in [1.165, 1.54) is 5.56 Å². The number of hydrogen-bond acceptors (Lipinski definition) is 2. The van der Waals surface area contributed by atoms with E-state index >= 15 is 0 Å². The molecule has 0 aliphatic carbocycles. The SMILES string of the molecule is [CH2]N1CCc2cccnc21. The fourth-order valence-electron chi connectivity index (χ4n) is 1.27. The second-order valence-corrected chi connectivity index (χ2v) is 2.50. The third kappa shape index (κ3) is 0.685. The molecule has 2 heterocycles. The molecule has 10 heavy (non-hydrogen) atoms. The van der Waals surface area contributed by atoms with Crippen molar-refractivity contribution in [2.75, 3.05) is 11.4 Å². The Kier molecular flexibility index (Phi) is 1.13. The van der Waals surface area contributed by atoms with Crippen LogP contribution in [0.5, 0.6) is 0 Å². The van der Waals surface area contributed by atoms with Crippen LogP contribution >= 0.6 is 0 Å². The number of nitrogens with zero attached hydrogens (tertiary/aromatic N) is 2. The molecular weight excluding hydrogens is 124 g/mol. The monoisotopic (exact) mass is 133 g/mol. The number of fused-ring (bicyclic) bond motifs is 1. The molecule has 2 heteroatoms. The van der Waals surface area contributed by atoms with E-state index in [0.717, 1.165) is 18.8 Å². The molecule has 0 bridgehead atoms. The van der Waals surface area contributed by atoms with Gasteiger partial charge in [-0.25, -0.2) is 4.98 Å². The minimum absolute atomic E-state index is 1.01. The summed E-state index contributed by atoms with van der Waals surface area (Å²) in [6.07, 6.45) is 2.90. The molecule has 0 amide bonds. The molecule has 0 spiro atoms. The first kappa shape index (κ1) is 5.71. The van der Waals surface area contributed by atoms with Crippen LogP contribution in [-0.2, 0) is 6.42 Å². The van der Waals surface area contributed by atoms with E-state index in [0.29, 0.717) is 0 Å². The molecule has 2 rings (SSSR count). The Balaban J connectivity index is 2.51. The van der Waals surface area contributed by atoms with Crippen LogP contribution in [-0.4, -0.2) is 11.5 Å². The predicted molar refractivity (Wildman–Crippen MR) is 40.6 cm³/mol. The van der Waals surface area contributed by atoms with Gasteiger partial charge in [0, 0.05) is 19.8 Å². The summed E-state index contributed by atoms with van der Waals surface area (Å²) in [5.74, 6) is 1.04. The van der Waals surface area contributed by atoms with Gasteiger partial charge in [0.2, 0.25) is 0 Å². The van der Waals surface area contributed by atoms with Crippen molar-refractivity contribution < 1.29 is 0 Å². The first-order valence-corrected chi connectivity index (χ1v) is 3.40. The molecule has 1 aliphatic heterocycles. The first-order valence-electron chi connectivity index (χ1n) is 3.40. The highest BCUT2D eigenvalue weighted by atomic mass is 15.2. The fraction of sp³-hybridized carbons (Fsp3) is 0.250. The number of anilines is 1. The lowest BCUT2D eigenvalue weighted by atomic mass is 10.2. The molecule has 51 valence electrons. The Bertz CT molecular complexity index is 245. The lowest BCUT2D eigenvalue weighted by Crippen LogP contribution is -2.10. The van der Waals surface area contributed by atoms with Gasteiger partial charge in [0.1, 0.15) is 5.82 Å². The Labute approximate surface area is 60.5 Å². The zero-order valence-electron chi connectivity index (χ0n) is 5.75. The van der Waals surface area contributed by atoms with Gasteiger partial charge < -0.3 is 4.90 Å². The number of aromatic nitrogens is 1. The van der Waals surface area contributed by atoms with Gasteiger partial charge in [-0.1, -0.05) is 6.07 Å². The molecule has 1 aromatic heterocycles. The summed E-state index contributed by atoms with van der Waals surface area (Å²) in [4.78, 5) is 6.14. The van der Waals surface area contributed by atoms with Gasteiger partial charge in [-0.2, -0.15) is 0 Å². The number of rotatable bonds is 0. The van der Waals surface area contributed by atoms with Crippen LogP contribution in [0.4, 0.5) is 5.82 Å². The highest BCUT2D eigenvalue weighted by Gasteiger charge is 2.14. The minimum Gasteiger partial charge on any atom is -0.354 e. The summed E-state index contributed by atoms with van der Waals surface area (Å²) in [5.41, 5.74) is 1.32. The molecule has 1 radical (unpaired) electrons. The summed E-state index contributed by atoms with van der Waals surface area (Å²) < 4.78 is 0. The second kappa shape index (κ2) is 1.97. The van der Waals surface area contributed by atoms with Gasteiger partial charge in [-0.3, -0.25) is 0 Å². The van der Waals surface area contributed by atoms with E-state index in [9.17, 15) is 0 Å². The summed E-state index contributed by atoms with van der Waals surface area (Å²) >= 11 is 0. The Hall–Kier alpha value is -1.05. The molecule has 0 unspecified atom stereocenters. The summed E-state index contributed by atoms with van der Waals surface area (Å²) in [6, 6.07) is 4.07. The summed E-state index contributed by atoms with van der Waals surface area (Å²) in [5, 5.41) is 0. The van der Waals surface area contributed by atoms with Crippen LogP contribution in [0.2, 0.25) is 0 Å². The van der Waals surface area contributed by atoms with Gasteiger partial charge in [0.25, 0.3) is 0 Å². The van der Waals surface area contributed by atoms with Gasteiger partial charge in [-0.05, 0) is 18.1 Å². The van der Waals surface area contributed by atoms with E-state index in [-0.39, 0.29) is 0 Å². The van der Waals surface area contributed by atoms with Crippen molar-refractivity contribution in [1.29, 1.82) is 0 Å². The fourth-order valence-corrected chi connectivity index (χ4v) is 1.27. The highest BCUT2D eigenvalue weighted by molar-refractivity contribution is 5.51. The largest absolute Gasteiger partial charge is 0.354 e. The first-order chi connectivity index (χ1) is 4.88. The molecule has 0 aromatic carbocycles. The Morgan fingerprint density at radius 1 is 1.60 bits per heavy atom. The number of hydrogen-bond donors (Lipinski definition) is 0. The summed E-state index contributed by atoms with van der Waals surface area (Å²) in [6.45, 7) is 1.01. The van der Waals surface area contributed by atoms with Crippen LogP contribution in [0.25, 0.3) is 0 Å². The topological polar surface area (TPSA) is 16.1 Å². The Morgan fingerprint density at radius 3 is 3.30 bits per heavy atom. The third-order valence-electron chi connectivity index (χ3n) is 1.82. The molecule has 0 saturated carbocycles. The molecular formula is C8H9N2. The van der Waals surface area contributed by atoms with E-state index in [1.807, 2.05) is 17.2 Å². The lowest BCUT2D eigenvalue weighted by molar-refractivity contribution is 0.982.